The number of primary amides is 2. The van der Waals surface area contributed by atoms with Crippen molar-refractivity contribution < 1.29 is 9.59 Å². The molecular formula is C13H18N6O2. The zero-order chi connectivity index (χ0) is 14.7. The fourth-order valence-corrected chi connectivity index (χ4v) is 5.42. The SMILES string of the molecule is NC(=O)NN=C1C[C@@H]2[C@@H]3CC(=NNC(N)=O)[C@H]4[C@H]3C[C@H]2[C@@H]14. The molecule has 0 unspecified atom stereocenters. The first-order valence-electron chi connectivity index (χ1n) is 7.30. The largest absolute Gasteiger partial charge is 0.350 e. The zero-order valence-electron chi connectivity index (χ0n) is 11.5. The Labute approximate surface area is 121 Å². The lowest BCUT2D eigenvalue weighted by atomic mass is 9.79. The minimum atomic E-state index is -0.634. The van der Waals surface area contributed by atoms with Crippen LogP contribution in [0.5, 0.6) is 0 Å². The van der Waals surface area contributed by atoms with Gasteiger partial charge in [0.15, 0.2) is 0 Å². The molecule has 4 amide bonds. The lowest BCUT2D eigenvalue weighted by molar-refractivity contribution is 0.241. The molecule has 4 saturated carbocycles. The first-order valence-corrected chi connectivity index (χ1v) is 7.30. The van der Waals surface area contributed by atoms with Crippen molar-refractivity contribution in [2.45, 2.75) is 19.3 Å². The molecule has 0 heterocycles. The van der Waals surface area contributed by atoms with Crippen LogP contribution in [0.3, 0.4) is 0 Å². The van der Waals surface area contributed by atoms with E-state index in [2.05, 4.69) is 21.1 Å². The molecule has 21 heavy (non-hydrogen) atoms. The molecule has 0 aromatic rings. The highest BCUT2D eigenvalue weighted by molar-refractivity contribution is 6.01. The van der Waals surface area contributed by atoms with Crippen LogP contribution in [-0.4, -0.2) is 23.5 Å². The van der Waals surface area contributed by atoms with Crippen molar-refractivity contribution in [1.82, 2.24) is 10.9 Å². The molecular weight excluding hydrogens is 272 g/mol. The van der Waals surface area contributed by atoms with Gasteiger partial charge < -0.3 is 11.5 Å². The zero-order valence-corrected chi connectivity index (χ0v) is 11.5. The summed E-state index contributed by atoms with van der Waals surface area (Å²) in [5, 5.41) is 8.43. The topological polar surface area (TPSA) is 135 Å². The summed E-state index contributed by atoms with van der Waals surface area (Å²) in [5.74, 6) is 3.20. The third kappa shape index (κ3) is 1.68. The van der Waals surface area contributed by atoms with Crippen LogP contribution in [0.1, 0.15) is 19.3 Å². The summed E-state index contributed by atoms with van der Waals surface area (Å²) in [6.07, 6.45) is 3.10. The van der Waals surface area contributed by atoms with Crippen LogP contribution >= 0.6 is 0 Å². The van der Waals surface area contributed by atoms with Crippen LogP contribution in [0, 0.1) is 35.5 Å². The molecule has 8 heteroatoms. The Balaban J connectivity index is 1.63. The van der Waals surface area contributed by atoms with Crippen molar-refractivity contribution in [3.63, 3.8) is 0 Å². The fourth-order valence-electron chi connectivity index (χ4n) is 5.42. The van der Waals surface area contributed by atoms with Gasteiger partial charge in [-0.25, -0.2) is 20.4 Å². The predicted molar refractivity (Wildman–Crippen MR) is 75.1 cm³/mol. The lowest BCUT2D eigenvalue weighted by Gasteiger charge is -2.24. The quantitative estimate of drug-likeness (QED) is 0.531. The molecule has 0 aliphatic heterocycles. The molecule has 112 valence electrons. The van der Waals surface area contributed by atoms with Gasteiger partial charge in [-0.05, 0) is 42.9 Å². The van der Waals surface area contributed by atoms with Gasteiger partial charge in [-0.15, -0.1) is 0 Å². The summed E-state index contributed by atoms with van der Waals surface area (Å²) >= 11 is 0. The van der Waals surface area contributed by atoms with Crippen molar-refractivity contribution >= 4 is 23.5 Å². The highest BCUT2D eigenvalue weighted by Gasteiger charge is 2.67. The molecule has 0 saturated heterocycles. The van der Waals surface area contributed by atoms with E-state index in [0.717, 1.165) is 24.3 Å². The summed E-state index contributed by atoms with van der Waals surface area (Å²) in [7, 11) is 0. The van der Waals surface area contributed by atoms with E-state index in [-0.39, 0.29) is 0 Å². The molecule has 6 N–H and O–H groups in total. The molecule has 4 rings (SSSR count). The van der Waals surface area contributed by atoms with E-state index in [1.807, 2.05) is 0 Å². The minimum absolute atomic E-state index is 0.332. The van der Waals surface area contributed by atoms with E-state index in [4.69, 9.17) is 11.5 Å². The van der Waals surface area contributed by atoms with Gasteiger partial charge in [0.25, 0.3) is 0 Å². The van der Waals surface area contributed by atoms with E-state index < -0.39 is 12.1 Å². The van der Waals surface area contributed by atoms with Gasteiger partial charge in [-0.1, -0.05) is 0 Å². The Morgan fingerprint density at radius 2 is 1.29 bits per heavy atom. The Bertz CT molecular complexity index is 531. The fraction of sp³-hybridized carbons (Fsp3) is 0.692. The normalized spacial score (nSPS) is 45.5. The molecule has 0 spiro atoms. The summed E-state index contributed by atoms with van der Waals surface area (Å²) in [4.78, 5) is 21.7. The third-order valence-corrected chi connectivity index (χ3v) is 5.78. The summed E-state index contributed by atoms with van der Waals surface area (Å²) in [6, 6.07) is -1.27. The number of hydrogen-bond acceptors (Lipinski definition) is 4. The highest BCUT2D eigenvalue weighted by Crippen LogP contribution is 2.68. The van der Waals surface area contributed by atoms with Crippen LogP contribution in [0.2, 0.25) is 0 Å². The number of rotatable bonds is 2. The summed E-state index contributed by atoms with van der Waals surface area (Å²) < 4.78 is 0. The van der Waals surface area contributed by atoms with Gasteiger partial charge in [0, 0.05) is 23.3 Å². The molecule has 4 fully saturated rings. The van der Waals surface area contributed by atoms with Crippen molar-refractivity contribution in [2.75, 3.05) is 0 Å². The van der Waals surface area contributed by atoms with Crippen molar-refractivity contribution in [3.8, 4) is 0 Å². The number of hydrogen-bond donors (Lipinski definition) is 4. The number of nitrogens with two attached hydrogens (primary N) is 2. The minimum Gasteiger partial charge on any atom is -0.350 e. The first kappa shape index (κ1) is 12.6. The van der Waals surface area contributed by atoms with Gasteiger partial charge in [0.1, 0.15) is 0 Å². The molecule has 6 atom stereocenters. The van der Waals surface area contributed by atoms with Crippen LogP contribution in [0.25, 0.3) is 0 Å². The molecule has 8 nitrogen and oxygen atoms in total. The Hall–Kier alpha value is -2.12. The summed E-state index contributed by atoms with van der Waals surface area (Å²) in [6.45, 7) is 0. The second-order valence-corrected chi connectivity index (χ2v) is 6.51. The lowest BCUT2D eigenvalue weighted by Crippen LogP contribution is -2.32. The van der Waals surface area contributed by atoms with Crippen LogP contribution in [0.15, 0.2) is 10.2 Å². The van der Waals surface area contributed by atoms with E-state index in [9.17, 15) is 9.59 Å². The molecule has 0 radical (unpaired) electrons. The molecule has 0 aromatic heterocycles. The Morgan fingerprint density at radius 1 is 0.857 bits per heavy atom. The number of nitrogens with one attached hydrogen (secondary N) is 2. The molecule has 4 aliphatic rings. The number of fused-ring (bicyclic) bond motifs is 2. The van der Waals surface area contributed by atoms with Gasteiger partial charge >= 0.3 is 12.1 Å². The number of carbonyl (C=O) groups excluding carboxylic acids is 2. The number of amides is 4. The first-order chi connectivity index (χ1) is 10.1. The maximum absolute atomic E-state index is 10.9. The van der Waals surface area contributed by atoms with E-state index in [1.165, 1.54) is 6.42 Å². The van der Waals surface area contributed by atoms with Crippen molar-refractivity contribution in [1.29, 1.82) is 0 Å². The Kier molecular flexibility index (Phi) is 2.51. The molecule has 0 aromatic carbocycles. The highest BCUT2D eigenvalue weighted by atomic mass is 16.2. The number of hydrazone groups is 2. The van der Waals surface area contributed by atoms with Crippen LogP contribution in [0.4, 0.5) is 9.59 Å². The van der Waals surface area contributed by atoms with Gasteiger partial charge in [-0.2, -0.15) is 10.2 Å². The predicted octanol–water partition coefficient (Wildman–Crippen LogP) is -0.0431. The van der Waals surface area contributed by atoms with Gasteiger partial charge in [0.2, 0.25) is 0 Å². The van der Waals surface area contributed by atoms with Crippen molar-refractivity contribution in [3.05, 3.63) is 0 Å². The number of urea groups is 2. The average Bonchev–Trinajstić information content (AvgIpc) is 3.03. The van der Waals surface area contributed by atoms with Crippen LogP contribution < -0.4 is 22.3 Å². The standard InChI is InChI=1S/C13H18N6O2/c14-12(20)18-16-8-2-4-5-3-9(17-19-13(15)21)11-7(5)1-6(4)10(8)11/h4-7,10-11H,1-3H2,(H3,14,18,20)(H3,15,19,21)/t4-,5+,6-,7+,10+,11-. The monoisotopic (exact) mass is 290 g/mol. The molecule has 2 bridgehead atoms. The average molecular weight is 290 g/mol. The second kappa shape index (κ2) is 4.19. The van der Waals surface area contributed by atoms with Gasteiger partial charge in [0.05, 0.1) is 0 Å². The number of nitrogens with zero attached hydrogens (tertiary/aromatic N) is 2. The smallest absolute Gasteiger partial charge is 0.332 e. The second-order valence-electron chi connectivity index (χ2n) is 6.51. The van der Waals surface area contributed by atoms with Crippen LogP contribution in [-0.2, 0) is 0 Å². The van der Waals surface area contributed by atoms with E-state index in [0.29, 0.717) is 35.5 Å². The van der Waals surface area contributed by atoms with E-state index in [1.54, 1.807) is 0 Å². The summed E-state index contributed by atoms with van der Waals surface area (Å²) in [5.41, 5.74) is 17.0. The maximum atomic E-state index is 10.9. The van der Waals surface area contributed by atoms with E-state index >= 15 is 0 Å². The molecule has 4 aliphatic carbocycles. The Morgan fingerprint density at radius 3 is 1.67 bits per heavy atom. The maximum Gasteiger partial charge on any atom is 0.332 e. The van der Waals surface area contributed by atoms with Gasteiger partial charge in [-0.3, -0.25) is 0 Å². The third-order valence-electron chi connectivity index (χ3n) is 5.78. The van der Waals surface area contributed by atoms with Crippen molar-refractivity contribution in [2.24, 2.45) is 57.2 Å². The number of carbonyl (C=O) groups is 2.